The molecule has 5 nitrogen and oxygen atoms in total. The number of carboxylic acids is 1. The van der Waals surface area contributed by atoms with Crippen LogP contribution in [0.2, 0.25) is 0 Å². The van der Waals surface area contributed by atoms with Crippen LogP contribution in [0.15, 0.2) is 22.6 Å². The van der Waals surface area contributed by atoms with Crippen molar-refractivity contribution >= 4 is 23.1 Å². The molecule has 18 heavy (non-hydrogen) atoms. The Hall–Kier alpha value is -2.04. The highest BCUT2D eigenvalue weighted by atomic mass is 16.4. The van der Waals surface area contributed by atoms with Gasteiger partial charge < -0.3 is 14.8 Å². The van der Waals surface area contributed by atoms with Crippen molar-refractivity contribution in [1.82, 2.24) is 4.98 Å². The summed E-state index contributed by atoms with van der Waals surface area (Å²) in [6, 6.07) is 5.30. The molecule has 2 aromatic rings. The number of carbonyl (C=O) groups is 1. The molecule has 0 saturated heterocycles. The lowest BCUT2D eigenvalue weighted by Gasteiger charge is -2.15. The van der Waals surface area contributed by atoms with Gasteiger partial charge in [-0.1, -0.05) is 13.8 Å². The predicted molar refractivity (Wildman–Crippen MR) is 68.9 cm³/mol. The van der Waals surface area contributed by atoms with Gasteiger partial charge in [0.15, 0.2) is 5.58 Å². The van der Waals surface area contributed by atoms with Gasteiger partial charge in [-0.05, 0) is 31.0 Å². The van der Waals surface area contributed by atoms with E-state index < -0.39 is 5.97 Å². The first-order valence-electron chi connectivity index (χ1n) is 5.88. The second-order valence-corrected chi connectivity index (χ2v) is 4.68. The lowest BCUT2D eigenvalue weighted by Crippen LogP contribution is -2.21. The molecule has 1 aromatic carbocycles. The zero-order valence-electron chi connectivity index (χ0n) is 10.6. The molecule has 1 heterocycles. The van der Waals surface area contributed by atoms with Gasteiger partial charge in [-0.2, -0.15) is 4.98 Å². The Balaban J connectivity index is 2.30. The zero-order chi connectivity index (χ0) is 13.3. The van der Waals surface area contributed by atoms with Crippen LogP contribution < -0.4 is 5.32 Å². The highest BCUT2D eigenvalue weighted by Gasteiger charge is 2.13. The van der Waals surface area contributed by atoms with E-state index in [9.17, 15) is 4.79 Å². The summed E-state index contributed by atoms with van der Waals surface area (Å²) in [7, 11) is 0. The van der Waals surface area contributed by atoms with Crippen LogP contribution in [0.5, 0.6) is 0 Å². The zero-order valence-corrected chi connectivity index (χ0v) is 10.6. The summed E-state index contributed by atoms with van der Waals surface area (Å²) in [5, 5.41) is 12.0. The molecular formula is C13H16N2O3. The summed E-state index contributed by atoms with van der Waals surface area (Å²) >= 11 is 0. The maximum absolute atomic E-state index is 10.8. The Morgan fingerprint density at radius 1 is 1.39 bits per heavy atom. The van der Waals surface area contributed by atoms with E-state index in [1.54, 1.807) is 6.07 Å². The summed E-state index contributed by atoms with van der Waals surface area (Å²) in [5.74, 6) is -0.520. The molecule has 1 aromatic heterocycles. The van der Waals surface area contributed by atoms with E-state index in [0.29, 0.717) is 23.0 Å². The fourth-order valence-corrected chi connectivity index (χ4v) is 1.48. The molecule has 0 bridgehead atoms. The van der Waals surface area contributed by atoms with Crippen molar-refractivity contribution in [3.63, 3.8) is 0 Å². The third kappa shape index (κ3) is 2.45. The summed E-state index contributed by atoms with van der Waals surface area (Å²) in [6.45, 7) is 6.24. The van der Waals surface area contributed by atoms with Crippen LogP contribution in [-0.4, -0.2) is 22.1 Å². The molecule has 0 radical (unpaired) electrons. The molecule has 2 N–H and O–H groups in total. The molecule has 0 aliphatic heterocycles. The highest BCUT2D eigenvalue weighted by Crippen LogP contribution is 2.21. The number of rotatable bonds is 4. The number of benzene rings is 1. The smallest absolute Gasteiger partial charge is 0.335 e. The van der Waals surface area contributed by atoms with Gasteiger partial charge in [-0.3, -0.25) is 0 Å². The predicted octanol–water partition coefficient (Wildman–Crippen LogP) is 2.98. The molecule has 0 amide bonds. The number of anilines is 1. The average Bonchev–Trinajstić information content (AvgIpc) is 2.69. The van der Waals surface area contributed by atoms with E-state index in [1.165, 1.54) is 12.1 Å². The van der Waals surface area contributed by atoms with Crippen LogP contribution in [-0.2, 0) is 0 Å². The lowest BCUT2D eigenvalue weighted by molar-refractivity contribution is 0.0697. The molecule has 0 fully saturated rings. The van der Waals surface area contributed by atoms with Crippen molar-refractivity contribution in [2.75, 3.05) is 5.32 Å². The molecule has 1 unspecified atom stereocenters. The van der Waals surface area contributed by atoms with Gasteiger partial charge in [0.1, 0.15) is 5.52 Å². The van der Waals surface area contributed by atoms with Gasteiger partial charge in [0.2, 0.25) is 0 Å². The highest BCUT2D eigenvalue weighted by molar-refractivity contribution is 5.92. The first-order chi connectivity index (χ1) is 8.47. The van der Waals surface area contributed by atoms with Crippen molar-refractivity contribution in [2.24, 2.45) is 5.92 Å². The summed E-state index contributed by atoms with van der Waals surface area (Å²) in [5.41, 5.74) is 1.33. The van der Waals surface area contributed by atoms with Gasteiger partial charge in [-0.15, -0.1) is 0 Å². The maximum atomic E-state index is 10.8. The van der Waals surface area contributed by atoms with E-state index in [2.05, 4.69) is 24.1 Å². The minimum Gasteiger partial charge on any atom is -0.478 e. The molecule has 96 valence electrons. The van der Waals surface area contributed by atoms with Crippen molar-refractivity contribution in [1.29, 1.82) is 0 Å². The van der Waals surface area contributed by atoms with Crippen LogP contribution in [0.4, 0.5) is 6.01 Å². The van der Waals surface area contributed by atoms with Crippen molar-refractivity contribution in [3.8, 4) is 0 Å². The number of nitrogens with zero attached hydrogens (tertiary/aromatic N) is 1. The first kappa shape index (κ1) is 12.4. The van der Waals surface area contributed by atoms with Gasteiger partial charge >= 0.3 is 5.97 Å². The second kappa shape index (κ2) is 4.68. The Labute approximate surface area is 105 Å². The molecule has 5 heteroatoms. The number of nitrogens with one attached hydrogen (secondary N) is 1. The number of aromatic carboxylic acids is 1. The van der Waals surface area contributed by atoms with Crippen LogP contribution in [0.1, 0.15) is 31.1 Å². The maximum Gasteiger partial charge on any atom is 0.335 e. The molecule has 0 aliphatic carbocycles. The second-order valence-electron chi connectivity index (χ2n) is 4.68. The molecule has 2 rings (SSSR count). The van der Waals surface area contributed by atoms with Gasteiger partial charge in [0.05, 0.1) is 5.56 Å². The topological polar surface area (TPSA) is 75.4 Å². The lowest BCUT2D eigenvalue weighted by atomic mass is 10.1. The average molecular weight is 248 g/mol. The molecule has 1 atom stereocenters. The summed E-state index contributed by atoms with van der Waals surface area (Å²) in [6.07, 6.45) is 0. The monoisotopic (exact) mass is 248 g/mol. The Kier molecular flexibility index (Phi) is 3.23. The van der Waals surface area contributed by atoms with Gasteiger partial charge in [0.25, 0.3) is 6.01 Å². The Morgan fingerprint density at radius 3 is 2.72 bits per heavy atom. The molecule has 0 aliphatic rings. The van der Waals surface area contributed by atoms with E-state index in [0.717, 1.165) is 0 Å². The van der Waals surface area contributed by atoms with E-state index in [4.69, 9.17) is 9.52 Å². The van der Waals surface area contributed by atoms with E-state index in [-0.39, 0.29) is 11.6 Å². The van der Waals surface area contributed by atoms with Crippen LogP contribution in [0.25, 0.3) is 11.1 Å². The number of aromatic nitrogens is 1. The van der Waals surface area contributed by atoms with Crippen LogP contribution in [0, 0.1) is 5.92 Å². The fourth-order valence-electron chi connectivity index (χ4n) is 1.48. The minimum atomic E-state index is -0.974. The molecule has 0 spiro atoms. The number of oxazole rings is 1. The Bertz CT molecular complexity index is 575. The summed E-state index contributed by atoms with van der Waals surface area (Å²) < 4.78 is 5.49. The fraction of sp³-hybridized carbons (Fsp3) is 0.385. The SMILES string of the molecule is CC(C)C(C)Nc1nc2ccc(C(=O)O)cc2o1. The Morgan fingerprint density at radius 2 is 2.11 bits per heavy atom. The number of carboxylic acid groups (broad SMARTS) is 1. The van der Waals surface area contributed by atoms with E-state index >= 15 is 0 Å². The van der Waals surface area contributed by atoms with E-state index in [1.807, 2.05) is 6.92 Å². The number of hydrogen-bond donors (Lipinski definition) is 2. The number of hydrogen-bond acceptors (Lipinski definition) is 4. The standard InChI is InChI=1S/C13H16N2O3/c1-7(2)8(3)14-13-15-10-5-4-9(12(16)17)6-11(10)18-13/h4-8H,1-3H3,(H,14,15)(H,16,17). The van der Waals surface area contributed by atoms with Gasteiger partial charge in [-0.25, -0.2) is 4.79 Å². The molecular weight excluding hydrogens is 232 g/mol. The van der Waals surface area contributed by atoms with Gasteiger partial charge in [0, 0.05) is 6.04 Å². The van der Waals surface area contributed by atoms with Crippen LogP contribution in [0.3, 0.4) is 0 Å². The van der Waals surface area contributed by atoms with Crippen molar-refractivity contribution in [2.45, 2.75) is 26.8 Å². The summed E-state index contributed by atoms with van der Waals surface area (Å²) in [4.78, 5) is 15.1. The van der Waals surface area contributed by atoms with Crippen LogP contribution >= 0.6 is 0 Å². The number of fused-ring (bicyclic) bond motifs is 1. The third-order valence-corrected chi connectivity index (χ3v) is 2.99. The largest absolute Gasteiger partial charge is 0.478 e. The third-order valence-electron chi connectivity index (χ3n) is 2.99. The van der Waals surface area contributed by atoms with Crippen molar-refractivity contribution in [3.05, 3.63) is 23.8 Å². The quantitative estimate of drug-likeness (QED) is 0.869. The normalized spacial score (nSPS) is 12.9. The molecule has 0 saturated carbocycles. The first-order valence-corrected chi connectivity index (χ1v) is 5.88. The van der Waals surface area contributed by atoms with Crippen molar-refractivity contribution < 1.29 is 14.3 Å². The minimum absolute atomic E-state index is 0.196.